The number of carbonyl (C=O) groups excluding carboxylic acids is 2. The smallest absolute Gasteiger partial charge is 0.254 e. The van der Waals surface area contributed by atoms with Gasteiger partial charge in [-0.3, -0.25) is 19.9 Å². The summed E-state index contributed by atoms with van der Waals surface area (Å²) in [5.41, 5.74) is 4.80. The predicted molar refractivity (Wildman–Crippen MR) is 112 cm³/mol. The Balaban J connectivity index is 1.50. The monoisotopic (exact) mass is 402 g/mol. The van der Waals surface area contributed by atoms with Gasteiger partial charge in [0.1, 0.15) is 5.82 Å². The van der Waals surface area contributed by atoms with E-state index >= 15 is 0 Å². The van der Waals surface area contributed by atoms with Crippen LogP contribution >= 0.6 is 0 Å². The second kappa shape index (κ2) is 7.37. The van der Waals surface area contributed by atoms with Crippen molar-refractivity contribution in [3.05, 3.63) is 58.7 Å². The molecule has 0 aromatic carbocycles. The van der Waals surface area contributed by atoms with Crippen molar-refractivity contribution < 1.29 is 9.59 Å². The Labute approximate surface area is 173 Å². The number of nitrogens with zero attached hydrogens (tertiary/aromatic N) is 4. The third-order valence-electron chi connectivity index (χ3n) is 5.29. The first-order valence-electron chi connectivity index (χ1n) is 10.2. The lowest BCUT2D eigenvalue weighted by Crippen LogP contribution is -2.19. The number of imide groups is 1. The zero-order valence-corrected chi connectivity index (χ0v) is 16.7. The summed E-state index contributed by atoms with van der Waals surface area (Å²) in [7, 11) is 0. The Morgan fingerprint density at radius 3 is 2.77 bits per heavy atom. The topological polar surface area (TPSA) is 101 Å². The maximum absolute atomic E-state index is 12.0. The van der Waals surface area contributed by atoms with Gasteiger partial charge >= 0.3 is 0 Å². The second-order valence-corrected chi connectivity index (χ2v) is 7.88. The normalized spacial score (nSPS) is 17.7. The molecule has 2 amide bonds. The first kappa shape index (κ1) is 18.5. The maximum Gasteiger partial charge on any atom is 0.254 e. The standard InChI is InChI=1S/C22H22N6O2/c1-13-3-2-4-16(24-13)7-8-18-11-19(25-17-5-6-17)28-21(26-18)15(12-23-28)9-14-10-20(29)27-22(14)30/h2-4,9,11-12,17,25H,5-8,10H2,1H3,(H,27,29,30)/b14-9+. The molecule has 3 aromatic heterocycles. The molecule has 4 heterocycles. The lowest BCUT2D eigenvalue weighted by molar-refractivity contribution is -0.124. The van der Waals surface area contributed by atoms with Gasteiger partial charge in [-0.25, -0.2) is 4.98 Å². The molecule has 0 bridgehead atoms. The van der Waals surface area contributed by atoms with Crippen LogP contribution in [0.2, 0.25) is 0 Å². The summed E-state index contributed by atoms with van der Waals surface area (Å²) < 4.78 is 1.77. The van der Waals surface area contributed by atoms with E-state index in [0.717, 1.165) is 54.1 Å². The molecular weight excluding hydrogens is 380 g/mol. The fourth-order valence-corrected chi connectivity index (χ4v) is 3.60. The molecule has 1 saturated heterocycles. The molecule has 0 radical (unpaired) electrons. The van der Waals surface area contributed by atoms with Gasteiger partial charge in [0.25, 0.3) is 5.91 Å². The number of hydrogen-bond acceptors (Lipinski definition) is 6. The van der Waals surface area contributed by atoms with Crippen LogP contribution < -0.4 is 10.6 Å². The van der Waals surface area contributed by atoms with Gasteiger partial charge in [-0.2, -0.15) is 9.61 Å². The highest BCUT2D eigenvalue weighted by Crippen LogP contribution is 2.27. The molecule has 2 aliphatic rings. The zero-order valence-electron chi connectivity index (χ0n) is 16.7. The Morgan fingerprint density at radius 1 is 1.20 bits per heavy atom. The molecule has 1 saturated carbocycles. The summed E-state index contributed by atoms with van der Waals surface area (Å²) in [5.74, 6) is 0.266. The Bertz CT molecular complexity index is 1190. The lowest BCUT2D eigenvalue weighted by Gasteiger charge is -2.10. The van der Waals surface area contributed by atoms with Gasteiger partial charge in [-0.15, -0.1) is 0 Å². The maximum atomic E-state index is 12.0. The molecule has 2 fully saturated rings. The Hall–Kier alpha value is -3.55. The van der Waals surface area contributed by atoms with Crippen molar-refractivity contribution >= 4 is 29.4 Å². The minimum absolute atomic E-state index is 0.0854. The van der Waals surface area contributed by atoms with Gasteiger partial charge in [-0.05, 0) is 50.8 Å². The van der Waals surface area contributed by atoms with Crippen molar-refractivity contribution in [2.24, 2.45) is 0 Å². The molecule has 0 atom stereocenters. The van der Waals surface area contributed by atoms with Gasteiger partial charge in [0.15, 0.2) is 5.65 Å². The van der Waals surface area contributed by atoms with E-state index in [-0.39, 0.29) is 18.2 Å². The molecule has 152 valence electrons. The summed E-state index contributed by atoms with van der Waals surface area (Å²) >= 11 is 0. The number of nitrogens with one attached hydrogen (secondary N) is 2. The summed E-state index contributed by atoms with van der Waals surface area (Å²) in [6, 6.07) is 8.53. The fourth-order valence-electron chi connectivity index (χ4n) is 3.60. The Kier molecular flexibility index (Phi) is 4.54. The number of pyridine rings is 1. The van der Waals surface area contributed by atoms with E-state index < -0.39 is 0 Å². The lowest BCUT2D eigenvalue weighted by atomic mass is 10.1. The molecule has 2 N–H and O–H groups in total. The highest BCUT2D eigenvalue weighted by atomic mass is 16.2. The number of amides is 2. The van der Waals surface area contributed by atoms with E-state index in [2.05, 4.69) is 20.7 Å². The van der Waals surface area contributed by atoms with Crippen LogP contribution in [0.25, 0.3) is 11.7 Å². The van der Waals surface area contributed by atoms with Crippen molar-refractivity contribution in [3.8, 4) is 0 Å². The molecule has 1 aliphatic heterocycles. The van der Waals surface area contributed by atoms with Crippen molar-refractivity contribution in [3.63, 3.8) is 0 Å². The summed E-state index contributed by atoms with van der Waals surface area (Å²) in [6.45, 7) is 1.99. The molecular formula is C22H22N6O2. The Morgan fingerprint density at radius 2 is 2.03 bits per heavy atom. The minimum atomic E-state index is -0.350. The van der Waals surface area contributed by atoms with E-state index in [9.17, 15) is 9.59 Å². The fraction of sp³-hybridized carbons (Fsp3) is 0.318. The van der Waals surface area contributed by atoms with Crippen LogP contribution in [-0.4, -0.2) is 37.4 Å². The van der Waals surface area contributed by atoms with Crippen LogP contribution in [0.3, 0.4) is 0 Å². The van der Waals surface area contributed by atoms with Gasteiger partial charge < -0.3 is 5.32 Å². The van der Waals surface area contributed by atoms with Gasteiger partial charge in [0.2, 0.25) is 5.91 Å². The van der Waals surface area contributed by atoms with E-state index in [1.807, 2.05) is 31.2 Å². The predicted octanol–water partition coefficient (Wildman–Crippen LogP) is 2.22. The molecule has 8 heteroatoms. The summed E-state index contributed by atoms with van der Waals surface area (Å²) in [4.78, 5) is 32.9. The van der Waals surface area contributed by atoms with Crippen LogP contribution in [-0.2, 0) is 22.4 Å². The first-order valence-corrected chi connectivity index (χ1v) is 10.2. The number of aryl methyl sites for hydroxylation is 3. The van der Waals surface area contributed by atoms with Crippen molar-refractivity contribution in [1.82, 2.24) is 24.9 Å². The molecule has 5 rings (SSSR count). The average molecular weight is 402 g/mol. The molecule has 3 aromatic rings. The largest absolute Gasteiger partial charge is 0.367 e. The molecule has 8 nitrogen and oxygen atoms in total. The molecule has 0 spiro atoms. The average Bonchev–Trinajstić information content (AvgIpc) is 3.35. The van der Waals surface area contributed by atoms with Crippen LogP contribution in [0.5, 0.6) is 0 Å². The first-order chi connectivity index (χ1) is 14.5. The van der Waals surface area contributed by atoms with Gasteiger partial charge in [0, 0.05) is 40.3 Å². The highest BCUT2D eigenvalue weighted by Gasteiger charge is 2.25. The van der Waals surface area contributed by atoms with E-state index in [1.54, 1.807) is 16.8 Å². The van der Waals surface area contributed by atoms with Crippen molar-refractivity contribution in [1.29, 1.82) is 0 Å². The van der Waals surface area contributed by atoms with Crippen molar-refractivity contribution in [2.45, 2.75) is 45.1 Å². The van der Waals surface area contributed by atoms with E-state index in [0.29, 0.717) is 17.3 Å². The number of fused-ring (bicyclic) bond motifs is 1. The summed E-state index contributed by atoms with van der Waals surface area (Å²) in [5, 5.41) is 10.3. The van der Waals surface area contributed by atoms with Crippen LogP contribution in [0, 0.1) is 6.92 Å². The molecule has 1 aliphatic carbocycles. The number of rotatable bonds is 6. The van der Waals surface area contributed by atoms with Gasteiger partial charge in [-0.1, -0.05) is 6.07 Å². The number of aromatic nitrogens is 4. The minimum Gasteiger partial charge on any atom is -0.367 e. The zero-order chi connectivity index (χ0) is 20.7. The SMILES string of the molecule is Cc1cccc(CCc2cc(NC3CC3)n3ncc(/C=C4\CC(=O)NC4=O)c3n2)n1. The van der Waals surface area contributed by atoms with Crippen LogP contribution in [0.1, 0.15) is 41.9 Å². The number of anilines is 1. The third kappa shape index (κ3) is 3.80. The highest BCUT2D eigenvalue weighted by molar-refractivity contribution is 6.15. The van der Waals surface area contributed by atoms with Crippen LogP contribution in [0.15, 0.2) is 36.0 Å². The molecule has 30 heavy (non-hydrogen) atoms. The number of carbonyl (C=O) groups is 2. The number of hydrogen-bond donors (Lipinski definition) is 2. The quantitative estimate of drug-likeness (QED) is 0.484. The second-order valence-electron chi connectivity index (χ2n) is 7.88. The third-order valence-corrected chi connectivity index (χ3v) is 5.29. The molecule has 0 unspecified atom stereocenters. The van der Waals surface area contributed by atoms with Gasteiger partial charge in [0.05, 0.1) is 12.6 Å². The van der Waals surface area contributed by atoms with Crippen LogP contribution in [0.4, 0.5) is 5.82 Å². The van der Waals surface area contributed by atoms with E-state index in [4.69, 9.17) is 4.98 Å². The van der Waals surface area contributed by atoms with Crippen molar-refractivity contribution in [2.75, 3.05) is 5.32 Å². The summed E-state index contributed by atoms with van der Waals surface area (Å²) in [6.07, 6.45) is 7.31. The van der Waals surface area contributed by atoms with E-state index in [1.165, 1.54) is 0 Å².